The highest BCUT2D eigenvalue weighted by atomic mass is 19.4. The van der Waals surface area contributed by atoms with Crippen LogP contribution in [-0.2, 0) is 11.3 Å². The minimum absolute atomic E-state index is 0.0304. The molecule has 0 atom stereocenters. The molecule has 0 unspecified atom stereocenters. The van der Waals surface area contributed by atoms with E-state index in [-0.39, 0.29) is 12.2 Å². The normalized spacial score (nSPS) is 11.2. The summed E-state index contributed by atoms with van der Waals surface area (Å²) in [5.74, 6) is -0.799. The Labute approximate surface area is 112 Å². The molecule has 1 aromatic heterocycles. The monoisotopic (exact) mass is 285 g/mol. The number of amides is 1. The number of benzene rings is 1. The average molecular weight is 285 g/mol. The van der Waals surface area contributed by atoms with E-state index in [0.717, 1.165) is 12.1 Å². The molecular weight excluding hydrogens is 275 g/mol. The number of hydrogen-bond acceptors (Lipinski definition) is 3. The smallest absolute Gasteiger partial charge is 0.406 e. The third-order valence-corrected chi connectivity index (χ3v) is 2.22. The molecule has 1 heterocycles. The minimum Gasteiger partial charge on any atom is -0.406 e. The van der Waals surface area contributed by atoms with E-state index in [1.54, 1.807) is 12.3 Å². The summed E-state index contributed by atoms with van der Waals surface area (Å²) in [5, 5.41) is 6.31. The van der Waals surface area contributed by atoms with Gasteiger partial charge in [0.1, 0.15) is 12.3 Å². The Hall–Kier alpha value is -2.51. The maximum atomic E-state index is 12.1. The number of halogens is 3. The fourth-order valence-electron chi connectivity index (χ4n) is 1.51. The molecule has 20 heavy (non-hydrogen) atoms. The molecule has 0 bridgehead atoms. The first-order valence-electron chi connectivity index (χ1n) is 5.55. The van der Waals surface area contributed by atoms with Gasteiger partial charge in [-0.2, -0.15) is 5.10 Å². The number of nitrogens with one attached hydrogen (secondary N) is 1. The van der Waals surface area contributed by atoms with Crippen molar-refractivity contribution in [2.45, 2.75) is 12.9 Å². The van der Waals surface area contributed by atoms with Gasteiger partial charge in [0.05, 0.1) is 0 Å². The van der Waals surface area contributed by atoms with E-state index in [1.165, 1.54) is 23.0 Å². The second-order valence-corrected chi connectivity index (χ2v) is 3.83. The summed E-state index contributed by atoms with van der Waals surface area (Å²) < 4.78 is 41.4. The topological polar surface area (TPSA) is 56.2 Å². The Morgan fingerprint density at radius 3 is 2.80 bits per heavy atom. The number of ether oxygens (including phenoxy) is 1. The van der Waals surface area contributed by atoms with E-state index >= 15 is 0 Å². The second-order valence-electron chi connectivity index (χ2n) is 3.83. The number of aromatic nitrogens is 2. The first-order valence-corrected chi connectivity index (χ1v) is 5.55. The van der Waals surface area contributed by atoms with Crippen molar-refractivity contribution in [1.82, 2.24) is 9.78 Å². The van der Waals surface area contributed by atoms with Crippen LogP contribution < -0.4 is 10.1 Å². The Morgan fingerprint density at radius 1 is 1.35 bits per heavy atom. The Bertz CT molecular complexity index is 582. The van der Waals surface area contributed by atoms with Crippen LogP contribution in [0.4, 0.5) is 18.9 Å². The number of carbonyl (C=O) groups is 1. The third-order valence-electron chi connectivity index (χ3n) is 2.22. The van der Waals surface area contributed by atoms with Gasteiger partial charge in [-0.25, -0.2) is 0 Å². The van der Waals surface area contributed by atoms with Crippen molar-refractivity contribution in [2.75, 3.05) is 5.32 Å². The highest BCUT2D eigenvalue weighted by Crippen LogP contribution is 2.24. The number of anilines is 1. The van der Waals surface area contributed by atoms with Crippen LogP contribution in [0.3, 0.4) is 0 Å². The summed E-state index contributed by atoms with van der Waals surface area (Å²) in [5.41, 5.74) is 0.212. The molecule has 0 fully saturated rings. The van der Waals surface area contributed by atoms with Crippen molar-refractivity contribution in [3.05, 3.63) is 42.7 Å². The number of nitrogens with zero attached hydrogens (tertiary/aromatic N) is 2. The molecular formula is C12H10F3N3O2. The maximum Gasteiger partial charge on any atom is 0.573 e. The number of rotatable bonds is 4. The summed E-state index contributed by atoms with van der Waals surface area (Å²) in [6.07, 6.45) is -1.65. The highest BCUT2D eigenvalue weighted by molar-refractivity contribution is 5.90. The molecule has 1 aromatic carbocycles. The van der Waals surface area contributed by atoms with Gasteiger partial charge in [-0.15, -0.1) is 13.2 Å². The van der Waals surface area contributed by atoms with Gasteiger partial charge >= 0.3 is 6.36 Å². The number of hydrogen-bond donors (Lipinski definition) is 1. The molecule has 1 amide bonds. The maximum absolute atomic E-state index is 12.1. The lowest BCUT2D eigenvalue weighted by Crippen LogP contribution is -2.19. The van der Waals surface area contributed by atoms with Crippen molar-refractivity contribution < 1.29 is 22.7 Å². The standard InChI is InChI=1S/C12H10F3N3O2/c13-12(14,15)20-10-4-1-3-9(7-10)17-11(19)8-18-6-2-5-16-18/h1-7H,8H2,(H,17,19). The zero-order valence-corrected chi connectivity index (χ0v) is 10.1. The van der Waals surface area contributed by atoms with Crippen LogP contribution in [0.1, 0.15) is 0 Å². The summed E-state index contributed by atoms with van der Waals surface area (Å²) in [6, 6.07) is 6.71. The van der Waals surface area contributed by atoms with Gasteiger partial charge in [-0.1, -0.05) is 6.07 Å². The fourth-order valence-corrected chi connectivity index (χ4v) is 1.51. The fraction of sp³-hybridized carbons (Fsp3) is 0.167. The van der Waals surface area contributed by atoms with Crippen LogP contribution >= 0.6 is 0 Å². The Morgan fingerprint density at radius 2 is 2.15 bits per heavy atom. The first-order chi connectivity index (χ1) is 9.42. The third kappa shape index (κ3) is 4.30. The number of carbonyl (C=O) groups excluding carboxylic acids is 1. The molecule has 0 aliphatic carbocycles. The molecule has 8 heteroatoms. The molecule has 0 saturated carbocycles. The van der Waals surface area contributed by atoms with Crippen molar-refractivity contribution in [3.63, 3.8) is 0 Å². The first kappa shape index (κ1) is 13.9. The van der Waals surface area contributed by atoms with Crippen LogP contribution in [0, 0.1) is 0 Å². The van der Waals surface area contributed by atoms with Gasteiger partial charge in [0.25, 0.3) is 0 Å². The largest absolute Gasteiger partial charge is 0.573 e. The zero-order valence-electron chi connectivity index (χ0n) is 10.1. The predicted octanol–water partition coefficient (Wildman–Crippen LogP) is 2.42. The summed E-state index contributed by atoms with van der Waals surface area (Å²) in [7, 11) is 0. The van der Waals surface area contributed by atoms with Crippen molar-refractivity contribution in [3.8, 4) is 5.75 Å². The second kappa shape index (κ2) is 5.64. The van der Waals surface area contributed by atoms with Gasteiger partial charge < -0.3 is 10.1 Å². The molecule has 5 nitrogen and oxygen atoms in total. The van der Waals surface area contributed by atoms with E-state index < -0.39 is 18.0 Å². The van der Waals surface area contributed by atoms with Gasteiger partial charge in [0, 0.05) is 24.1 Å². The van der Waals surface area contributed by atoms with Gasteiger partial charge in [-0.05, 0) is 18.2 Å². The average Bonchev–Trinajstić information content (AvgIpc) is 2.79. The zero-order chi connectivity index (χ0) is 14.6. The molecule has 1 N–H and O–H groups in total. The van der Waals surface area contributed by atoms with Crippen molar-refractivity contribution in [2.24, 2.45) is 0 Å². The van der Waals surface area contributed by atoms with Crippen LogP contribution in [0.15, 0.2) is 42.7 Å². The van der Waals surface area contributed by atoms with Crippen LogP contribution in [-0.4, -0.2) is 22.1 Å². The van der Waals surface area contributed by atoms with Crippen molar-refractivity contribution in [1.29, 1.82) is 0 Å². The minimum atomic E-state index is -4.77. The lowest BCUT2D eigenvalue weighted by Gasteiger charge is -2.10. The Kier molecular flexibility index (Phi) is 3.92. The lowest BCUT2D eigenvalue weighted by atomic mass is 10.3. The van der Waals surface area contributed by atoms with E-state index in [0.29, 0.717) is 0 Å². The predicted molar refractivity (Wildman–Crippen MR) is 64.0 cm³/mol. The molecule has 0 spiro atoms. The molecule has 106 valence electrons. The molecule has 0 aliphatic rings. The van der Waals surface area contributed by atoms with Crippen LogP contribution in [0.5, 0.6) is 5.75 Å². The molecule has 0 radical (unpaired) electrons. The lowest BCUT2D eigenvalue weighted by molar-refractivity contribution is -0.274. The van der Waals surface area contributed by atoms with E-state index in [1.807, 2.05) is 0 Å². The van der Waals surface area contributed by atoms with Crippen LogP contribution in [0.25, 0.3) is 0 Å². The molecule has 0 saturated heterocycles. The quantitative estimate of drug-likeness (QED) is 0.938. The van der Waals surface area contributed by atoms with E-state index in [2.05, 4.69) is 15.2 Å². The van der Waals surface area contributed by atoms with Crippen molar-refractivity contribution >= 4 is 11.6 Å². The van der Waals surface area contributed by atoms with E-state index in [9.17, 15) is 18.0 Å². The molecule has 0 aliphatic heterocycles. The molecule has 2 aromatic rings. The van der Waals surface area contributed by atoms with Gasteiger partial charge in [0.15, 0.2) is 0 Å². The summed E-state index contributed by atoms with van der Waals surface area (Å²) in [4.78, 5) is 11.6. The highest BCUT2D eigenvalue weighted by Gasteiger charge is 2.31. The van der Waals surface area contributed by atoms with Crippen LogP contribution in [0.2, 0.25) is 0 Å². The summed E-state index contributed by atoms with van der Waals surface area (Å²) in [6.45, 7) is -0.0304. The SMILES string of the molecule is O=C(Cn1cccn1)Nc1cccc(OC(F)(F)F)c1. The summed E-state index contributed by atoms with van der Waals surface area (Å²) >= 11 is 0. The Balaban J connectivity index is 1.99. The van der Waals surface area contributed by atoms with Gasteiger partial charge in [0.2, 0.25) is 5.91 Å². The molecule has 2 rings (SSSR count). The van der Waals surface area contributed by atoms with E-state index in [4.69, 9.17) is 0 Å². The van der Waals surface area contributed by atoms with Gasteiger partial charge in [-0.3, -0.25) is 9.48 Å². The number of alkyl halides is 3.